The van der Waals surface area contributed by atoms with E-state index >= 15 is 0 Å². The molecule has 0 aliphatic rings. The second-order valence-corrected chi connectivity index (χ2v) is 14.1. The molecule has 0 spiro atoms. The summed E-state index contributed by atoms with van der Waals surface area (Å²) in [5.41, 5.74) is 12.8. The van der Waals surface area contributed by atoms with Gasteiger partial charge in [-0.15, -0.1) is 0 Å². The molecule has 0 amide bonds. The first-order valence-corrected chi connectivity index (χ1v) is 18.9. The Labute approximate surface area is 322 Å². The van der Waals surface area contributed by atoms with E-state index in [9.17, 15) is 0 Å². The van der Waals surface area contributed by atoms with Crippen molar-refractivity contribution in [2.75, 3.05) is 4.90 Å². The lowest BCUT2D eigenvalue weighted by Crippen LogP contribution is -2.12. The third kappa shape index (κ3) is 5.93. The van der Waals surface area contributed by atoms with Crippen molar-refractivity contribution in [2.45, 2.75) is 0 Å². The maximum absolute atomic E-state index is 2.46. The molecule has 10 aromatic carbocycles. The lowest BCUT2D eigenvalue weighted by molar-refractivity contribution is 1.28. The van der Waals surface area contributed by atoms with E-state index in [4.69, 9.17) is 0 Å². The highest BCUT2D eigenvalue weighted by Gasteiger charge is 2.22. The van der Waals surface area contributed by atoms with E-state index in [1.165, 1.54) is 76.8 Å². The van der Waals surface area contributed by atoms with Crippen molar-refractivity contribution in [3.05, 3.63) is 224 Å². The zero-order chi connectivity index (χ0) is 36.6. The fourth-order valence-electron chi connectivity index (χ4n) is 8.24. The van der Waals surface area contributed by atoms with E-state index in [0.29, 0.717) is 0 Å². The molecule has 10 rings (SSSR count). The van der Waals surface area contributed by atoms with Crippen LogP contribution in [0.15, 0.2) is 224 Å². The molecule has 55 heavy (non-hydrogen) atoms. The topological polar surface area (TPSA) is 3.24 Å². The van der Waals surface area contributed by atoms with Gasteiger partial charge in [-0.05, 0) is 102 Å². The quantitative estimate of drug-likeness (QED) is 0.150. The predicted molar refractivity (Wildman–Crippen MR) is 235 cm³/mol. The van der Waals surface area contributed by atoms with Crippen LogP contribution in [0.5, 0.6) is 0 Å². The van der Waals surface area contributed by atoms with Gasteiger partial charge in [0.25, 0.3) is 0 Å². The van der Waals surface area contributed by atoms with Gasteiger partial charge in [-0.3, -0.25) is 0 Å². The number of hydrogen-bond acceptors (Lipinski definition) is 1. The van der Waals surface area contributed by atoms with Gasteiger partial charge < -0.3 is 4.90 Å². The molecule has 0 bridgehead atoms. The molecule has 10 aromatic rings. The van der Waals surface area contributed by atoms with Crippen LogP contribution in [0.25, 0.3) is 76.8 Å². The van der Waals surface area contributed by atoms with E-state index in [2.05, 4.69) is 229 Å². The fourth-order valence-corrected chi connectivity index (χ4v) is 8.24. The number of hydrogen-bond donors (Lipinski definition) is 0. The van der Waals surface area contributed by atoms with Crippen LogP contribution in [0.4, 0.5) is 17.1 Å². The third-order valence-corrected chi connectivity index (χ3v) is 10.9. The van der Waals surface area contributed by atoms with Gasteiger partial charge in [-0.25, -0.2) is 0 Å². The Morgan fingerprint density at radius 1 is 0.236 bits per heavy atom. The molecule has 1 heteroatoms. The summed E-state index contributed by atoms with van der Waals surface area (Å²) in [6.45, 7) is 0. The number of anilines is 3. The maximum atomic E-state index is 2.46. The van der Waals surface area contributed by atoms with Crippen LogP contribution in [-0.4, -0.2) is 0 Å². The molecule has 258 valence electrons. The molecule has 0 fully saturated rings. The molecule has 1 nitrogen and oxygen atoms in total. The molecule has 0 atom stereocenters. The molecule has 0 radical (unpaired) electrons. The summed E-state index contributed by atoms with van der Waals surface area (Å²) < 4.78 is 0. The molecule has 0 aromatic heterocycles. The minimum atomic E-state index is 1.09. The van der Waals surface area contributed by atoms with Crippen LogP contribution >= 0.6 is 0 Å². The summed E-state index contributed by atoms with van der Waals surface area (Å²) in [7, 11) is 0. The van der Waals surface area contributed by atoms with Gasteiger partial charge >= 0.3 is 0 Å². The molecule has 0 aliphatic heterocycles. The molecule has 0 N–H and O–H groups in total. The first-order valence-electron chi connectivity index (χ1n) is 18.9. The largest absolute Gasteiger partial charge is 0.309 e. The van der Waals surface area contributed by atoms with Crippen LogP contribution in [0.3, 0.4) is 0 Å². The predicted octanol–water partition coefficient (Wildman–Crippen LogP) is 15.3. The smallest absolute Gasteiger partial charge is 0.0540 e. The standard InChI is InChI=1S/C54H37N/c1-3-16-38(17-4-1)42-32-35-54(51(36-42)40-18-5-2-6-19-40)55(44-33-30-41(31-34-44)46-28-15-22-39-20-7-9-23-45(39)46)53-29-14-13-27-50(53)52-37-43-21-8-10-24-47(43)48-25-11-12-26-49(48)52/h1-37H. The normalized spacial score (nSPS) is 11.3. The molecule has 0 aliphatic carbocycles. The van der Waals surface area contributed by atoms with E-state index < -0.39 is 0 Å². The van der Waals surface area contributed by atoms with E-state index in [-0.39, 0.29) is 0 Å². The van der Waals surface area contributed by atoms with Crippen molar-refractivity contribution in [3.63, 3.8) is 0 Å². The van der Waals surface area contributed by atoms with Gasteiger partial charge in [0.1, 0.15) is 0 Å². The Bertz CT molecular complexity index is 2960. The van der Waals surface area contributed by atoms with E-state index in [1.807, 2.05) is 0 Å². The summed E-state index contributed by atoms with van der Waals surface area (Å²) in [6.07, 6.45) is 0. The van der Waals surface area contributed by atoms with Crippen molar-refractivity contribution in [3.8, 4) is 44.5 Å². The second-order valence-electron chi connectivity index (χ2n) is 14.1. The molecule has 0 unspecified atom stereocenters. The first kappa shape index (κ1) is 32.4. The third-order valence-electron chi connectivity index (χ3n) is 10.9. The average molecular weight is 700 g/mol. The summed E-state index contributed by atoms with van der Waals surface area (Å²) in [5.74, 6) is 0. The number of para-hydroxylation sites is 1. The number of benzene rings is 10. The SMILES string of the molecule is c1ccc(-c2ccc(N(c3ccc(-c4cccc5ccccc45)cc3)c3ccccc3-c3cc4ccccc4c4ccccc34)c(-c3ccccc3)c2)cc1. The highest BCUT2D eigenvalue weighted by molar-refractivity contribution is 6.15. The Morgan fingerprint density at radius 3 is 1.55 bits per heavy atom. The maximum Gasteiger partial charge on any atom is 0.0540 e. The number of rotatable bonds is 7. The van der Waals surface area contributed by atoms with Crippen molar-refractivity contribution in [1.82, 2.24) is 0 Å². The second kappa shape index (κ2) is 14.0. The van der Waals surface area contributed by atoms with Crippen LogP contribution in [-0.2, 0) is 0 Å². The minimum absolute atomic E-state index is 1.09. The first-order chi connectivity index (χ1) is 27.3. The van der Waals surface area contributed by atoms with Crippen LogP contribution in [0.1, 0.15) is 0 Å². The monoisotopic (exact) mass is 699 g/mol. The fraction of sp³-hybridized carbons (Fsp3) is 0. The summed E-state index contributed by atoms with van der Waals surface area (Å²) >= 11 is 0. The zero-order valence-electron chi connectivity index (χ0n) is 30.3. The van der Waals surface area contributed by atoms with Crippen molar-refractivity contribution in [1.29, 1.82) is 0 Å². The average Bonchev–Trinajstić information content (AvgIpc) is 3.27. The van der Waals surface area contributed by atoms with Gasteiger partial charge in [-0.1, -0.05) is 188 Å². The van der Waals surface area contributed by atoms with Crippen LogP contribution in [0.2, 0.25) is 0 Å². The zero-order valence-corrected chi connectivity index (χ0v) is 30.3. The number of fused-ring (bicyclic) bond motifs is 4. The Kier molecular flexibility index (Phi) is 8.24. The number of nitrogens with zero attached hydrogens (tertiary/aromatic N) is 1. The molecule has 0 saturated carbocycles. The Balaban J connectivity index is 1.23. The van der Waals surface area contributed by atoms with Gasteiger partial charge in [0.05, 0.1) is 11.4 Å². The van der Waals surface area contributed by atoms with Crippen molar-refractivity contribution >= 4 is 49.4 Å². The highest BCUT2D eigenvalue weighted by atomic mass is 15.1. The van der Waals surface area contributed by atoms with Crippen molar-refractivity contribution in [2.24, 2.45) is 0 Å². The summed E-state index contributed by atoms with van der Waals surface area (Å²) in [5, 5.41) is 7.49. The molecular weight excluding hydrogens is 663 g/mol. The van der Waals surface area contributed by atoms with Gasteiger partial charge in [0.2, 0.25) is 0 Å². The molecule has 0 heterocycles. The lowest BCUT2D eigenvalue weighted by atomic mass is 9.91. The van der Waals surface area contributed by atoms with Crippen molar-refractivity contribution < 1.29 is 0 Å². The summed E-state index contributed by atoms with van der Waals surface area (Å²) in [6, 6.07) is 81.5. The van der Waals surface area contributed by atoms with Crippen LogP contribution in [0, 0.1) is 0 Å². The van der Waals surface area contributed by atoms with E-state index in [0.717, 1.165) is 17.1 Å². The van der Waals surface area contributed by atoms with Gasteiger partial charge in [0, 0.05) is 16.8 Å². The van der Waals surface area contributed by atoms with Crippen LogP contribution < -0.4 is 4.90 Å². The lowest BCUT2D eigenvalue weighted by Gasteiger charge is -2.31. The van der Waals surface area contributed by atoms with E-state index in [1.54, 1.807) is 0 Å². The highest BCUT2D eigenvalue weighted by Crippen LogP contribution is 2.48. The summed E-state index contributed by atoms with van der Waals surface area (Å²) in [4.78, 5) is 2.46. The molecular formula is C54H37N. The molecule has 0 saturated heterocycles. The Hall–Kier alpha value is -7.22. The minimum Gasteiger partial charge on any atom is -0.309 e. The van der Waals surface area contributed by atoms with Gasteiger partial charge in [0.15, 0.2) is 0 Å². The Morgan fingerprint density at radius 2 is 0.764 bits per heavy atom. The van der Waals surface area contributed by atoms with Gasteiger partial charge in [-0.2, -0.15) is 0 Å².